The molecule has 0 saturated carbocycles. The molecule has 0 aliphatic rings. The van der Waals surface area contributed by atoms with Crippen LogP contribution in [0.2, 0.25) is 0 Å². The summed E-state index contributed by atoms with van der Waals surface area (Å²) in [6, 6.07) is 19.7. The highest BCUT2D eigenvalue weighted by atomic mass is 16.2. The second kappa shape index (κ2) is 9.33. The minimum Gasteiger partial charge on any atom is -0.350 e. The van der Waals surface area contributed by atoms with Crippen LogP contribution in [-0.2, 0) is 17.6 Å². The summed E-state index contributed by atoms with van der Waals surface area (Å²) in [6.45, 7) is 0.497. The fraction of sp³-hybridized carbons (Fsp3) is 0.190. The van der Waals surface area contributed by atoms with Crippen LogP contribution in [0.4, 0.5) is 5.69 Å². The number of nitrogens with one attached hydrogen (secondary N) is 3. The summed E-state index contributed by atoms with van der Waals surface area (Å²) in [6.07, 6.45) is 3.23. The molecule has 0 radical (unpaired) electrons. The van der Waals surface area contributed by atoms with Crippen LogP contribution in [0.3, 0.4) is 0 Å². The lowest BCUT2D eigenvalue weighted by atomic mass is 10.1. The first-order valence-electron chi connectivity index (χ1n) is 8.92. The summed E-state index contributed by atoms with van der Waals surface area (Å²) in [4.78, 5) is 24.5. The number of rotatable bonds is 8. The number of carbonyl (C=O) groups excluding carboxylic acids is 2. The number of hydrogen-bond donors (Lipinski definition) is 3. The van der Waals surface area contributed by atoms with Crippen molar-refractivity contribution in [2.75, 3.05) is 11.9 Å². The third-order valence-electron chi connectivity index (χ3n) is 4.16. The topological polar surface area (TPSA) is 86.9 Å². The standard InChI is InChI=1S/C21H22N4O2/c26-19(12-11-16-7-3-1-4-8-16)24-18-15-23-25-20(18)21(27)22-14-13-17-9-5-2-6-10-17/h1-10,15H,11-14H2,(H,22,27)(H,23,25)(H,24,26). The number of aromatic nitrogens is 2. The van der Waals surface area contributed by atoms with E-state index in [-0.39, 0.29) is 17.5 Å². The van der Waals surface area contributed by atoms with Gasteiger partial charge in [-0.3, -0.25) is 14.7 Å². The van der Waals surface area contributed by atoms with Gasteiger partial charge < -0.3 is 10.6 Å². The van der Waals surface area contributed by atoms with E-state index in [9.17, 15) is 9.59 Å². The summed E-state index contributed by atoms with van der Waals surface area (Å²) in [7, 11) is 0. The zero-order chi connectivity index (χ0) is 18.9. The minimum atomic E-state index is -0.314. The Morgan fingerprint density at radius 3 is 2.19 bits per heavy atom. The van der Waals surface area contributed by atoms with Gasteiger partial charge >= 0.3 is 0 Å². The fourth-order valence-corrected chi connectivity index (χ4v) is 2.72. The Morgan fingerprint density at radius 1 is 0.889 bits per heavy atom. The Balaban J connectivity index is 1.49. The van der Waals surface area contributed by atoms with Gasteiger partial charge in [-0.05, 0) is 24.0 Å². The number of amides is 2. The number of hydrogen-bond acceptors (Lipinski definition) is 3. The predicted octanol–water partition coefficient (Wildman–Crippen LogP) is 2.95. The molecule has 0 aliphatic carbocycles. The molecule has 138 valence electrons. The first-order chi connectivity index (χ1) is 13.2. The van der Waals surface area contributed by atoms with E-state index >= 15 is 0 Å². The molecule has 3 N–H and O–H groups in total. The Labute approximate surface area is 158 Å². The maximum absolute atomic E-state index is 12.3. The molecule has 0 atom stereocenters. The molecule has 0 unspecified atom stereocenters. The molecule has 3 aromatic rings. The molecular weight excluding hydrogens is 340 g/mol. The summed E-state index contributed by atoms with van der Waals surface area (Å²) >= 11 is 0. The largest absolute Gasteiger partial charge is 0.350 e. The van der Waals surface area contributed by atoms with Gasteiger partial charge in [-0.1, -0.05) is 60.7 Å². The Kier molecular flexibility index (Phi) is 6.35. The number of carbonyl (C=O) groups is 2. The van der Waals surface area contributed by atoms with Crippen LogP contribution in [0.5, 0.6) is 0 Å². The number of nitrogens with zero attached hydrogens (tertiary/aromatic N) is 1. The molecule has 1 heterocycles. The highest BCUT2D eigenvalue weighted by Gasteiger charge is 2.16. The van der Waals surface area contributed by atoms with Crippen LogP contribution in [-0.4, -0.2) is 28.6 Å². The van der Waals surface area contributed by atoms with Crippen molar-refractivity contribution >= 4 is 17.5 Å². The van der Waals surface area contributed by atoms with E-state index in [0.717, 1.165) is 17.5 Å². The molecule has 0 spiro atoms. The summed E-state index contributed by atoms with van der Waals surface area (Å²) in [5.74, 6) is -0.468. The van der Waals surface area contributed by atoms with Gasteiger partial charge in [-0.2, -0.15) is 5.10 Å². The lowest BCUT2D eigenvalue weighted by Gasteiger charge is -2.07. The quantitative estimate of drug-likeness (QED) is 0.576. The summed E-state index contributed by atoms with van der Waals surface area (Å²) < 4.78 is 0. The molecule has 27 heavy (non-hydrogen) atoms. The molecule has 6 nitrogen and oxygen atoms in total. The number of anilines is 1. The highest BCUT2D eigenvalue weighted by Crippen LogP contribution is 2.13. The Bertz CT molecular complexity index is 875. The van der Waals surface area contributed by atoms with E-state index in [2.05, 4.69) is 20.8 Å². The molecule has 2 amide bonds. The minimum absolute atomic E-state index is 0.154. The van der Waals surface area contributed by atoms with Crippen molar-refractivity contribution in [2.24, 2.45) is 0 Å². The maximum atomic E-state index is 12.3. The predicted molar refractivity (Wildman–Crippen MR) is 104 cm³/mol. The van der Waals surface area contributed by atoms with Gasteiger partial charge in [0.05, 0.1) is 5.69 Å². The van der Waals surface area contributed by atoms with Gasteiger partial charge in [-0.25, -0.2) is 0 Å². The number of benzene rings is 2. The fourth-order valence-electron chi connectivity index (χ4n) is 2.72. The van der Waals surface area contributed by atoms with Crippen molar-refractivity contribution in [2.45, 2.75) is 19.3 Å². The SMILES string of the molecule is O=C(CCc1ccccc1)Nc1c[nH]nc1C(=O)NCCc1ccccc1. The number of H-pyrrole nitrogens is 1. The lowest BCUT2D eigenvalue weighted by molar-refractivity contribution is -0.116. The summed E-state index contributed by atoms with van der Waals surface area (Å²) in [5.41, 5.74) is 2.83. The van der Waals surface area contributed by atoms with Crippen molar-refractivity contribution in [1.82, 2.24) is 15.5 Å². The van der Waals surface area contributed by atoms with Gasteiger partial charge in [0.2, 0.25) is 5.91 Å². The van der Waals surface area contributed by atoms with Crippen LogP contribution in [0.25, 0.3) is 0 Å². The molecule has 0 fully saturated rings. The van der Waals surface area contributed by atoms with Gasteiger partial charge in [-0.15, -0.1) is 0 Å². The van der Waals surface area contributed by atoms with Crippen molar-refractivity contribution in [3.05, 3.63) is 83.7 Å². The van der Waals surface area contributed by atoms with E-state index in [1.54, 1.807) is 0 Å². The van der Waals surface area contributed by atoms with E-state index in [1.807, 2.05) is 60.7 Å². The van der Waals surface area contributed by atoms with Crippen molar-refractivity contribution in [3.8, 4) is 0 Å². The zero-order valence-corrected chi connectivity index (χ0v) is 14.9. The molecule has 6 heteroatoms. The second-order valence-electron chi connectivity index (χ2n) is 6.17. The molecule has 2 aromatic carbocycles. The highest BCUT2D eigenvalue weighted by molar-refractivity contribution is 6.02. The molecule has 0 bridgehead atoms. The van der Waals surface area contributed by atoms with Gasteiger partial charge in [0.15, 0.2) is 5.69 Å². The zero-order valence-electron chi connectivity index (χ0n) is 14.9. The average molecular weight is 362 g/mol. The monoisotopic (exact) mass is 362 g/mol. The molecule has 1 aromatic heterocycles. The Morgan fingerprint density at radius 2 is 1.52 bits per heavy atom. The van der Waals surface area contributed by atoms with Gasteiger partial charge in [0.1, 0.15) is 0 Å². The smallest absolute Gasteiger partial charge is 0.273 e. The van der Waals surface area contributed by atoms with E-state index < -0.39 is 0 Å². The number of aromatic amines is 1. The van der Waals surface area contributed by atoms with E-state index in [1.165, 1.54) is 6.20 Å². The van der Waals surface area contributed by atoms with Crippen molar-refractivity contribution < 1.29 is 9.59 Å². The van der Waals surface area contributed by atoms with Crippen LogP contribution in [0, 0.1) is 0 Å². The van der Waals surface area contributed by atoms with Crippen LogP contribution in [0.15, 0.2) is 66.9 Å². The molecule has 0 aliphatic heterocycles. The van der Waals surface area contributed by atoms with E-state index in [4.69, 9.17) is 0 Å². The Hall–Kier alpha value is -3.41. The second-order valence-corrected chi connectivity index (χ2v) is 6.17. The first kappa shape index (κ1) is 18.4. The first-order valence-corrected chi connectivity index (χ1v) is 8.92. The van der Waals surface area contributed by atoms with Gasteiger partial charge in [0.25, 0.3) is 5.91 Å². The number of aryl methyl sites for hydroxylation is 1. The molecule has 0 saturated heterocycles. The van der Waals surface area contributed by atoms with Crippen LogP contribution >= 0.6 is 0 Å². The molecule has 3 rings (SSSR count). The van der Waals surface area contributed by atoms with Crippen LogP contribution < -0.4 is 10.6 Å². The summed E-state index contributed by atoms with van der Waals surface area (Å²) in [5, 5.41) is 12.2. The average Bonchev–Trinajstić information content (AvgIpc) is 3.16. The van der Waals surface area contributed by atoms with Crippen molar-refractivity contribution in [3.63, 3.8) is 0 Å². The van der Waals surface area contributed by atoms with Gasteiger partial charge in [0, 0.05) is 19.2 Å². The van der Waals surface area contributed by atoms with Crippen LogP contribution in [0.1, 0.15) is 28.0 Å². The third-order valence-corrected chi connectivity index (χ3v) is 4.16. The lowest BCUT2D eigenvalue weighted by Crippen LogP contribution is -2.27. The normalized spacial score (nSPS) is 10.4. The molecular formula is C21H22N4O2. The third kappa shape index (κ3) is 5.54. The van der Waals surface area contributed by atoms with E-state index in [0.29, 0.717) is 25.1 Å². The maximum Gasteiger partial charge on any atom is 0.273 e. The van der Waals surface area contributed by atoms with Crippen molar-refractivity contribution in [1.29, 1.82) is 0 Å².